The van der Waals surface area contributed by atoms with E-state index < -0.39 is 6.10 Å². The van der Waals surface area contributed by atoms with Crippen molar-refractivity contribution in [2.24, 2.45) is 0 Å². The van der Waals surface area contributed by atoms with Gasteiger partial charge in [-0.15, -0.1) is 0 Å². The van der Waals surface area contributed by atoms with Crippen LogP contribution < -0.4 is 0 Å². The molecule has 0 saturated heterocycles. The first kappa shape index (κ1) is 12.9. The Morgan fingerprint density at radius 1 is 0.947 bits per heavy atom. The molecule has 0 heterocycles. The summed E-state index contributed by atoms with van der Waals surface area (Å²) in [6.07, 6.45) is 0.266. The lowest BCUT2D eigenvalue weighted by atomic mass is 9.82. The minimum absolute atomic E-state index is 0.236. The Labute approximate surface area is 122 Å². The van der Waals surface area contributed by atoms with Crippen molar-refractivity contribution in [2.45, 2.75) is 30.2 Å². The third kappa shape index (κ3) is 2.24. The zero-order valence-corrected chi connectivity index (χ0v) is 12.5. The topological polar surface area (TPSA) is 20.2 Å². The quantitative estimate of drug-likeness (QED) is 0.709. The third-order valence-electron chi connectivity index (χ3n) is 4.05. The molecule has 2 aromatic rings. The van der Waals surface area contributed by atoms with Crippen LogP contribution in [0.4, 0.5) is 0 Å². The van der Waals surface area contributed by atoms with Gasteiger partial charge in [-0.3, -0.25) is 0 Å². The summed E-state index contributed by atoms with van der Waals surface area (Å²) in [7, 11) is 0. The number of halogens is 1. The minimum Gasteiger partial charge on any atom is -0.388 e. The van der Waals surface area contributed by atoms with Gasteiger partial charge in [0.25, 0.3) is 0 Å². The van der Waals surface area contributed by atoms with Gasteiger partial charge in [0.05, 0.1) is 6.10 Å². The largest absolute Gasteiger partial charge is 0.388 e. The highest BCUT2D eigenvalue weighted by molar-refractivity contribution is 9.09. The van der Waals surface area contributed by atoms with Crippen molar-refractivity contribution in [2.75, 3.05) is 0 Å². The Kier molecular flexibility index (Phi) is 3.46. The number of fused-ring (bicyclic) bond motifs is 2. The maximum absolute atomic E-state index is 10.5. The van der Waals surface area contributed by atoms with Crippen molar-refractivity contribution in [3.63, 3.8) is 0 Å². The molecule has 2 heteroatoms. The monoisotopic (exact) mass is 316 g/mol. The molecule has 0 aliphatic heterocycles. The van der Waals surface area contributed by atoms with Gasteiger partial charge in [0.1, 0.15) is 0 Å². The van der Waals surface area contributed by atoms with Gasteiger partial charge in [-0.25, -0.2) is 0 Å². The molecule has 0 saturated carbocycles. The lowest BCUT2D eigenvalue weighted by Crippen LogP contribution is -2.15. The van der Waals surface area contributed by atoms with Crippen molar-refractivity contribution >= 4 is 15.9 Å². The SMILES string of the molecule is CC1c2ccccc2CC(O)c2ccccc2C1Br. The molecule has 0 amide bonds. The molecule has 0 spiro atoms. The highest BCUT2D eigenvalue weighted by Crippen LogP contribution is 2.44. The summed E-state index contributed by atoms with van der Waals surface area (Å²) in [5.74, 6) is 0.393. The van der Waals surface area contributed by atoms with Crippen LogP contribution in [0.3, 0.4) is 0 Å². The second kappa shape index (κ2) is 5.10. The Morgan fingerprint density at radius 3 is 2.26 bits per heavy atom. The van der Waals surface area contributed by atoms with Gasteiger partial charge in [-0.2, -0.15) is 0 Å². The molecule has 19 heavy (non-hydrogen) atoms. The second-order valence-corrected chi connectivity index (χ2v) is 6.22. The van der Waals surface area contributed by atoms with Gasteiger partial charge in [-0.1, -0.05) is 71.4 Å². The van der Waals surface area contributed by atoms with E-state index in [2.05, 4.69) is 53.2 Å². The van der Waals surface area contributed by atoms with Crippen LogP contribution in [0.5, 0.6) is 0 Å². The van der Waals surface area contributed by atoms with E-state index in [1.165, 1.54) is 16.7 Å². The van der Waals surface area contributed by atoms with E-state index in [0.29, 0.717) is 12.3 Å². The first-order chi connectivity index (χ1) is 9.18. The Balaban J connectivity index is 2.16. The fourth-order valence-electron chi connectivity index (χ4n) is 2.98. The first-order valence-electron chi connectivity index (χ1n) is 6.67. The van der Waals surface area contributed by atoms with Crippen molar-refractivity contribution in [3.8, 4) is 0 Å². The highest BCUT2D eigenvalue weighted by atomic mass is 79.9. The minimum atomic E-state index is -0.426. The Bertz CT molecular complexity index is 593. The van der Waals surface area contributed by atoms with Crippen LogP contribution in [0.2, 0.25) is 0 Å². The summed E-state index contributed by atoms with van der Waals surface area (Å²) >= 11 is 3.82. The molecule has 1 nitrogen and oxygen atoms in total. The van der Waals surface area contributed by atoms with Crippen molar-refractivity contribution in [1.82, 2.24) is 0 Å². The van der Waals surface area contributed by atoms with Crippen molar-refractivity contribution in [3.05, 3.63) is 70.8 Å². The van der Waals surface area contributed by atoms with E-state index in [0.717, 1.165) is 5.56 Å². The van der Waals surface area contributed by atoms with Crippen LogP contribution in [0.1, 0.15) is 46.0 Å². The van der Waals surface area contributed by atoms with Gasteiger partial charge in [0, 0.05) is 11.2 Å². The molecule has 1 aliphatic rings. The van der Waals surface area contributed by atoms with E-state index in [1.54, 1.807) is 0 Å². The van der Waals surface area contributed by atoms with Gasteiger partial charge in [0.15, 0.2) is 0 Å². The second-order valence-electron chi connectivity index (χ2n) is 5.24. The molecular weight excluding hydrogens is 300 g/mol. The standard InChI is InChI=1S/C17H17BrO/c1-11-13-7-3-2-6-12(13)10-16(19)14-8-4-5-9-15(14)17(11)18/h2-9,11,16-17,19H,10H2,1H3. The number of rotatable bonds is 0. The smallest absolute Gasteiger partial charge is 0.0833 e. The van der Waals surface area contributed by atoms with E-state index in [1.807, 2.05) is 18.2 Å². The van der Waals surface area contributed by atoms with E-state index in [-0.39, 0.29) is 4.83 Å². The fraction of sp³-hybridized carbons (Fsp3) is 0.294. The normalized spacial score (nSPS) is 25.9. The average Bonchev–Trinajstić information content (AvgIpc) is 2.45. The third-order valence-corrected chi connectivity index (χ3v) is 5.34. The lowest BCUT2D eigenvalue weighted by Gasteiger charge is -2.29. The Hall–Kier alpha value is -1.12. The summed E-state index contributed by atoms with van der Waals surface area (Å²) < 4.78 is 0. The van der Waals surface area contributed by atoms with Crippen LogP contribution in [-0.2, 0) is 6.42 Å². The van der Waals surface area contributed by atoms with E-state index >= 15 is 0 Å². The fourth-order valence-corrected chi connectivity index (χ4v) is 3.68. The molecule has 0 bridgehead atoms. The molecule has 0 radical (unpaired) electrons. The van der Waals surface area contributed by atoms with Crippen LogP contribution in [0.25, 0.3) is 0 Å². The molecule has 3 rings (SSSR count). The van der Waals surface area contributed by atoms with Crippen molar-refractivity contribution in [1.29, 1.82) is 0 Å². The maximum Gasteiger partial charge on any atom is 0.0833 e. The molecular formula is C17H17BrO. The number of hydrogen-bond donors (Lipinski definition) is 1. The van der Waals surface area contributed by atoms with Gasteiger partial charge >= 0.3 is 0 Å². The summed E-state index contributed by atoms with van der Waals surface area (Å²) in [4.78, 5) is 0.236. The number of aliphatic hydroxyl groups excluding tert-OH is 1. The van der Waals surface area contributed by atoms with Crippen LogP contribution in [-0.4, -0.2) is 5.11 Å². The van der Waals surface area contributed by atoms with E-state index in [4.69, 9.17) is 0 Å². The first-order valence-corrected chi connectivity index (χ1v) is 7.59. The predicted octanol–water partition coefficient (Wildman–Crippen LogP) is 4.52. The highest BCUT2D eigenvalue weighted by Gasteiger charge is 2.27. The zero-order valence-electron chi connectivity index (χ0n) is 10.9. The van der Waals surface area contributed by atoms with Gasteiger partial charge < -0.3 is 5.11 Å². The zero-order chi connectivity index (χ0) is 13.4. The van der Waals surface area contributed by atoms with Crippen LogP contribution in [0, 0.1) is 0 Å². The van der Waals surface area contributed by atoms with Gasteiger partial charge in [0.2, 0.25) is 0 Å². The summed E-state index contributed by atoms with van der Waals surface area (Å²) in [6.45, 7) is 2.24. The number of alkyl halides is 1. The molecule has 1 N–H and O–H groups in total. The van der Waals surface area contributed by atoms with Crippen molar-refractivity contribution < 1.29 is 5.11 Å². The predicted molar refractivity (Wildman–Crippen MR) is 81.6 cm³/mol. The summed E-state index contributed by atoms with van der Waals surface area (Å²) in [6, 6.07) is 16.6. The average molecular weight is 317 g/mol. The molecule has 3 unspecified atom stereocenters. The van der Waals surface area contributed by atoms with Crippen LogP contribution >= 0.6 is 15.9 Å². The number of aliphatic hydroxyl groups is 1. The van der Waals surface area contributed by atoms with Gasteiger partial charge in [-0.05, 0) is 28.2 Å². The summed E-state index contributed by atoms with van der Waals surface area (Å²) in [5.41, 5.74) is 4.84. The molecule has 1 aliphatic carbocycles. The maximum atomic E-state index is 10.5. The Morgan fingerprint density at radius 2 is 1.53 bits per heavy atom. The number of benzene rings is 2. The van der Waals surface area contributed by atoms with E-state index in [9.17, 15) is 5.11 Å². The molecule has 0 aromatic heterocycles. The summed E-state index contributed by atoms with van der Waals surface area (Å²) in [5, 5.41) is 10.5. The molecule has 2 aromatic carbocycles. The number of hydrogen-bond acceptors (Lipinski definition) is 1. The van der Waals surface area contributed by atoms with Crippen LogP contribution in [0.15, 0.2) is 48.5 Å². The molecule has 0 fully saturated rings. The molecule has 3 atom stereocenters. The lowest BCUT2D eigenvalue weighted by molar-refractivity contribution is 0.176. The molecule has 98 valence electrons.